The van der Waals surface area contributed by atoms with Gasteiger partial charge < -0.3 is 9.47 Å². The van der Waals surface area contributed by atoms with Gasteiger partial charge in [0.1, 0.15) is 28.6 Å². The van der Waals surface area contributed by atoms with Crippen molar-refractivity contribution in [1.82, 2.24) is 24.7 Å². The van der Waals surface area contributed by atoms with Gasteiger partial charge in [-0.25, -0.2) is 9.97 Å². The first-order chi connectivity index (χ1) is 14.7. The van der Waals surface area contributed by atoms with Crippen molar-refractivity contribution in [2.75, 3.05) is 18.0 Å². The molecule has 0 atom stereocenters. The van der Waals surface area contributed by atoms with Crippen LogP contribution in [0.5, 0.6) is 0 Å². The Hall–Kier alpha value is -2.02. The molecule has 158 valence electrons. The summed E-state index contributed by atoms with van der Waals surface area (Å²) >= 11 is 1.94. The molecule has 3 aromatic rings. The van der Waals surface area contributed by atoms with Crippen LogP contribution in [0, 0.1) is 0 Å². The summed E-state index contributed by atoms with van der Waals surface area (Å²) in [4.78, 5) is 15.6. The third-order valence-electron chi connectivity index (χ3n) is 7.07. The molecular weight excluding hydrogens is 392 g/mol. The van der Waals surface area contributed by atoms with E-state index in [1.807, 2.05) is 17.7 Å². The van der Waals surface area contributed by atoms with E-state index in [0.717, 1.165) is 37.6 Å². The van der Waals surface area contributed by atoms with Gasteiger partial charge in [0.05, 0.1) is 5.39 Å². The molecule has 0 unspecified atom stereocenters. The van der Waals surface area contributed by atoms with E-state index in [2.05, 4.69) is 33.5 Å². The van der Waals surface area contributed by atoms with Crippen LogP contribution in [-0.2, 0) is 12.8 Å². The number of hydrogen-bond acceptors (Lipinski definition) is 6. The van der Waals surface area contributed by atoms with E-state index < -0.39 is 0 Å². The van der Waals surface area contributed by atoms with Crippen LogP contribution in [0.3, 0.4) is 0 Å². The number of fused-ring (bicyclic) bond motifs is 3. The maximum atomic E-state index is 5.19. The van der Waals surface area contributed by atoms with Crippen LogP contribution < -0.4 is 4.90 Å². The van der Waals surface area contributed by atoms with E-state index in [9.17, 15) is 0 Å². The quantitative estimate of drug-likeness (QED) is 0.592. The summed E-state index contributed by atoms with van der Waals surface area (Å²) in [6.07, 6.45) is 11.7. The van der Waals surface area contributed by atoms with E-state index in [0.29, 0.717) is 17.9 Å². The molecule has 4 heterocycles. The van der Waals surface area contributed by atoms with Gasteiger partial charge in [0, 0.05) is 35.8 Å². The summed E-state index contributed by atoms with van der Waals surface area (Å²) < 4.78 is 2.24. The normalized spacial score (nSPS) is 20.3. The Balaban J connectivity index is 1.33. The fourth-order valence-electron chi connectivity index (χ4n) is 5.20. The highest BCUT2D eigenvalue weighted by Crippen LogP contribution is 2.45. The number of aromatic nitrogens is 5. The monoisotopic (exact) mass is 422 g/mol. The van der Waals surface area contributed by atoms with E-state index in [4.69, 9.17) is 9.97 Å². The van der Waals surface area contributed by atoms with Crippen LogP contribution in [0.25, 0.3) is 10.2 Å². The number of anilines is 1. The largest absolute Gasteiger partial charge is 0.356 e. The molecule has 1 aliphatic heterocycles. The maximum absolute atomic E-state index is 5.19. The molecule has 0 bridgehead atoms. The minimum absolute atomic E-state index is 0.410. The molecular formula is C23H30N6S. The first kappa shape index (κ1) is 18.7. The van der Waals surface area contributed by atoms with Crippen LogP contribution in [-0.4, -0.2) is 37.8 Å². The van der Waals surface area contributed by atoms with Crippen molar-refractivity contribution < 1.29 is 0 Å². The molecule has 0 N–H and O–H groups in total. The second-order valence-electron chi connectivity index (χ2n) is 9.52. The average molecular weight is 423 g/mol. The van der Waals surface area contributed by atoms with Crippen LogP contribution in [0.2, 0.25) is 0 Å². The van der Waals surface area contributed by atoms with Crippen LogP contribution in [0.1, 0.15) is 92.3 Å². The van der Waals surface area contributed by atoms with Gasteiger partial charge in [-0.15, -0.1) is 21.5 Å². The van der Waals surface area contributed by atoms with Crippen molar-refractivity contribution in [2.45, 2.75) is 83.1 Å². The predicted molar refractivity (Wildman–Crippen MR) is 121 cm³/mol. The van der Waals surface area contributed by atoms with Gasteiger partial charge in [-0.1, -0.05) is 0 Å². The molecule has 30 heavy (non-hydrogen) atoms. The van der Waals surface area contributed by atoms with E-state index >= 15 is 0 Å². The summed E-state index contributed by atoms with van der Waals surface area (Å²) in [5.41, 5.74) is 1.56. The lowest BCUT2D eigenvalue weighted by Gasteiger charge is -2.33. The van der Waals surface area contributed by atoms with Gasteiger partial charge in [-0.3, -0.25) is 0 Å². The molecule has 0 radical (unpaired) electrons. The topological polar surface area (TPSA) is 59.7 Å². The molecule has 2 fully saturated rings. The van der Waals surface area contributed by atoms with Crippen molar-refractivity contribution in [3.63, 3.8) is 0 Å². The van der Waals surface area contributed by atoms with E-state index in [1.54, 1.807) is 10.4 Å². The third-order valence-corrected chi connectivity index (χ3v) is 8.26. The number of rotatable bonds is 4. The zero-order valence-corrected chi connectivity index (χ0v) is 18.8. The van der Waals surface area contributed by atoms with Gasteiger partial charge in [0.15, 0.2) is 0 Å². The number of nitrogens with zero attached hydrogens (tertiary/aromatic N) is 6. The van der Waals surface area contributed by atoms with Crippen molar-refractivity contribution in [3.05, 3.63) is 28.4 Å². The predicted octanol–water partition coefficient (Wildman–Crippen LogP) is 5.00. The molecule has 6 rings (SSSR count). The Labute approximate surface area is 181 Å². The second-order valence-corrected chi connectivity index (χ2v) is 10.6. The fourth-order valence-corrected chi connectivity index (χ4v) is 6.46. The molecule has 2 aliphatic carbocycles. The van der Waals surface area contributed by atoms with Gasteiger partial charge in [-0.2, -0.15) is 0 Å². The molecule has 3 aliphatic rings. The highest BCUT2D eigenvalue weighted by atomic mass is 32.1. The van der Waals surface area contributed by atoms with Crippen molar-refractivity contribution in [1.29, 1.82) is 0 Å². The molecule has 0 aromatic carbocycles. The van der Waals surface area contributed by atoms with Crippen molar-refractivity contribution >= 4 is 27.4 Å². The molecule has 1 saturated heterocycles. The maximum Gasteiger partial charge on any atom is 0.141 e. The average Bonchev–Trinajstić information content (AvgIpc) is 3.37. The number of piperidine rings is 1. The standard InChI is InChI=1S/C23H30N6S/c1-14(2)29-13-24-27-21(29)16-9-11-28(12-10-16)22-19-17-5-3-4-6-18(17)30-23(19)26-20(25-22)15-7-8-15/h13-16H,3-12H2,1-2H3. The molecule has 7 heteroatoms. The first-order valence-corrected chi connectivity index (χ1v) is 12.5. The SMILES string of the molecule is CC(C)n1cnnc1C1CCN(c2nc(C3CC3)nc3sc4c(c23)CCCC4)CC1. The lowest BCUT2D eigenvalue weighted by Crippen LogP contribution is -2.34. The van der Waals surface area contributed by atoms with Crippen LogP contribution >= 0.6 is 11.3 Å². The van der Waals surface area contributed by atoms with Gasteiger partial charge in [-0.05, 0) is 70.8 Å². The minimum atomic E-state index is 0.410. The summed E-state index contributed by atoms with van der Waals surface area (Å²) in [6.45, 7) is 6.49. The zero-order chi connectivity index (χ0) is 20.2. The summed E-state index contributed by atoms with van der Waals surface area (Å²) in [5, 5.41) is 10.0. The summed E-state index contributed by atoms with van der Waals surface area (Å²) in [7, 11) is 0. The van der Waals surface area contributed by atoms with Crippen molar-refractivity contribution in [3.8, 4) is 0 Å². The van der Waals surface area contributed by atoms with Gasteiger partial charge in [0.25, 0.3) is 0 Å². The molecule has 0 spiro atoms. The third kappa shape index (κ3) is 3.13. The summed E-state index contributed by atoms with van der Waals surface area (Å²) in [6, 6.07) is 0.410. The lowest BCUT2D eigenvalue weighted by molar-refractivity contribution is 0.448. The Bertz CT molecular complexity index is 1070. The second kappa shape index (κ2) is 7.29. The van der Waals surface area contributed by atoms with Crippen LogP contribution in [0.4, 0.5) is 5.82 Å². The van der Waals surface area contributed by atoms with Gasteiger partial charge >= 0.3 is 0 Å². The lowest BCUT2D eigenvalue weighted by atomic mass is 9.94. The highest BCUT2D eigenvalue weighted by molar-refractivity contribution is 7.19. The Morgan fingerprint density at radius 1 is 1.00 bits per heavy atom. The van der Waals surface area contributed by atoms with E-state index in [-0.39, 0.29) is 0 Å². The van der Waals surface area contributed by atoms with E-state index in [1.165, 1.54) is 54.6 Å². The first-order valence-electron chi connectivity index (χ1n) is 11.7. The minimum Gasteiger partial charge on any atom is -0.356 e. The van der Waals surface area contributed by atoms with Gasteiger partial charge in [0.2, 0.25) is 0 Å². The Morgan fingerprint density at radius 2 is 1.80 bits per heavy atom. The highest BCUT2D eigenvalue weighted by Gasteiger charge is 2.32. The zero-order valence-electron chi connectivity index (χ0n) is 18.0. The Kier molecular flexibility index (Phi) is 4.55. The van der Waals surface area contributed by atoms with Crippen molar-refractivity contribution in [2.24, 2.45) is 0 Å². The number of hydrogen-bond donors (Lipinski definition) is 0. The molecule has 1 saturated carbocycles. The Morgan fingerprint density at radius 3 is 2.57 bits per heavy atom. The fraction of sp³-hybridized carbons (Fsp3) is 0.652. The number of thiophene rings is 1. The summed E-state index contributed by atoms with van der Waals surface area (Å²) in [5.74, 6) is 4.56. The van der Waals surface area contributed by atoms with Crippen LogP contribution in [0.15, 0.2) is 6.33 Å². The number of aryl methyl sites for hydroxylation is 2. The molecule has 6 nitrogen and oxygen atoms in total. The smallest absolute Gasteiger partial charge is 0.141 e. The molecule has 0 amide bonds. The molecule has 3 aromatic heterocycles.